The number of nitriles is 1. The van der Waals surface area contributed by atoms with Crippen LogP contribution >= 0.6 is 11.8 Å². The second kappa shape index (κ2) is 10.4. The summed E-state index contributed by atoms with van der Waals surface area (Å²) < 4.78 is 5.39. The molecule has 3 rings (SSSR count). The highest BCUT2D eigenvalue weighted by Crippen LogP contribution is 2.33. The summed E-state index contributed by atoms with van der Waals surface area (Å²) >= 11 is 1.28. The Hall–Kier alpha value is -3.89. The Kier molecular flexibility index (Phi) is 7.42. The van der Waals surface area contributed by atoms with Crippen LogP contribution in [0.15, 0.2) is 82.6 Å². The van der Waals surface area contributed by atoms with Crippen LogP contribution in [0.5, 0.6) is 0 Å². The van der Waals surface area contributed by atoms with Crippen molar-refractivity contribution in [2.45, 2.75) is 29.7 Å². The molecule has 0 aliphatic carbocycles. The number of carbonyl (C=O) groups is 3. The summed E-state index contributed by atoms with van der Waals surface area (Å²) in [6, 6.07) is 22.6. The molecule has 1 amide bonds. The van der Waals surface area contributed by atoms with Gasteiger partial charge >= 0.3 is 5.97 Å². The Morgan fingerprint density at radius 3 is 2.38 bits per heavy atom. The van der Waals surface area contributed by atoms with Crippen molar-refractivity contribution in [3.8, 4) is 6.07 Å². The van der Waals surface area contributed by atoms with Gasteiger partial charge in [-0.1, -0.05) is 48.2 Å². The molecule has 0 aliphatic heterocycles. The standard InChI is InChI=1S/C25H20N2O4S/c1-16(28)18-9-7-10-20(14-18)27-24(29)17(2)31-25(30)21-11-4-6-13-23(21)32-22-12-5-3-8-19(22)15-26/h3-14,17H,1-2H3,(H,27,29)/t17-/m0/s1. The number of benzene rings is 3. The number of nitrogens with zero attached hydrogens (tertiary/aromatic N) is 1. The van der Waals surface area contributed by atoms with Gasteiger partial charge in [0.05, 0.1) is 11.1 Å². The third-order valence-corrected chi connectivity index (χ3v) is 5.68. The lowest BCUT2D eigenvalue weighted by molar-refractivity contribution is -0.123. The van der Waals surface area contributed by atoms with E-state index in [0.29, 0.717) is 32.2 Å². The van der Waals surface area contributed by atoms with Crippen LogP contribution in [0.25, 0.3) is 0 Å². The Morgan fingerprint density at radius 2 is 1.66 bits per heavy atom. The van der Waals surface area contributed by atoms with E-state index in [-0.39, 0.29) is 5.78 Å². The SMILES string of the molecule is CC(=O)c1cccc(NC(=O)[C@H](C)OC(=O)c2ccccc2Sc2ccccc2C#N)c1. The maximum Gasteiger partial charge on any atom is 0.340 e. The number of nitrogens with one attached hydrogen (secondary N) is 1. The Morgan fingerprint density at radius 1 is 0.969 bits per heavy atom. The molecule has 0 bridgehead atoms. The first-order valence-corrected chi connectivity index (χ1v) is 10.6. The van der Waals surface area contributed by atoms with E-state index in [4.69, 9.17) is 4.74 Å². The summed E-state index contributed by atoms with van der Waals surface area (Å²) in [4.78, 5) is 38.1. The van der Waals surface area contributed by atoms with Gasteiger partial charge in [0.1, 0.15) is 6.07 Å². The van der Waals surface area contributed by atoms with Gasteiger partial charge in [-0.2, -0.15) is 5.26 Å². The van der Waals surface area contributed by atoms with E-state index >= 15 is 0 Å². The summed E-state index contributed by atoms with van der Waals surface area (Å²) in [5.74, 6) is -1.28. The van der Waals surface area contributed by atoms with Crippen molar-refractivity contribution in [3.05, 3.63) is 89.5 Å². The number of hydrogen-bond acceptors (Lipinski definition) is 6. The molecule has 7 heteroatoms. The Bertz CT molecular complexity index is 1220. The molecule has 6 nitrogen and oxygen atoms in total. The van der Waals surface area contributed by atoms with Crippen molar-refractivity contribution in [3.63, 3.8) is 0 Å². The van der Waals surface area contributed by atoms with Crippen molar-refractivity contribution < 1.29 is 19.1 Å². The molecule has 0 saturated heterocycles. The zero-order valence-electron chi connectivity index (χ0n) is 17.5. The van der Waals surface area contributed by atoms with E-state index in [2.05, 4.69) is 11.4 Å². The van der Waals surface area contributed by atoms with Crippen LogP contribution < -0.4 is 5.32 Å². The number of anilines is 1. The fraction of sp³-hybridized carbons (Fsp3) is 0.120. The lowest BCUT2D eigenvalue weighted by atomic mass is 10.1. The quantitative estimate of drug-likeness (QED) is 0.402. The molecule has 1 N–H and O–H groups in total. The van der Waals surface area contributed by atoms with Gasteiger partial charge in [0, 0.05) is 21.0 Å². The van der Waals surface area contributed by atoms with Gasteiger partial charge in [-0.3, -0.25) is 9.59 Å². The molecule has 0 fully saturated rings. The van der Waals surface area contributed by atoms with Crippen molar-refractivity contribution in [1.82, 2.24) is 0 Å². The van der Waals surface area contributed by atoms with E-state index in [0.717, 1.165) is 0 Å². The predicted octanol–water partition coefficient (Wildman–Crippen LogP) is 5.10. The molecule has 3 aromatic carbocycles. The van der Waals surface area contributed by atoms with Gasteiger partial charge in [0.2, 0.25) is 0 Å². The zero-order chi connectivity index (χ0) is 23.1. The number of rotatable bonds is 7. The van der Waals surface area contributed by atoms with E-state index in [1.54, 1.807) is 66.7 Å². The van der Waals surface area contributed by atoms with Crippen LogP contribution in [0.1, 0.15) is 40.1 Å². The molecule has 3 aromatic rings. The van der Waals surface area contributed by atoms with E-state index in [1.165, 1.54) is 25.6 Å². The summed E-state index contributed by atoms with van der Waals surface area (Å²) in [5.41, 5.74) is 1.70. The molecule has 0 aliphatic rings. The molecule has 0 saturated carbocycles. The summed E-state index contributed by atoms with van der Waals surface area (Å²) in [6.45, 7) is 2.92. The molecule has 0 unspecified atom stereocenters. The number of ketones is 1. The first kappa shape index (κ1) is 22.8. The monoisotopic (exact) mass is 444 g/mol. The normalized spacial score (nSPS) is 11.2. The lowest BCUT2D eigenvalue weighted by Crippen LogP contribution is -2.30. The second-order valence-corrected chi connectivity index (χ2v) is 7.96. The molecular weight excluding hydrogens is 424 g/mol. The lowest BCUT2D eigenvalue weighted by Gasteiger charge is -2.15. The molecule has 0 aromatic heterocycles. The average Bonchev–Trinajstić information content (AvgIpc) is 2.79. The van der Waals surface area contributed by atoms with E-state index < -0.39 is 18.0 Å². The van der Waals surface area contributed by atoms with Crippen LogP contribution in [-0.4, -0.2) is 23.8 Å². The minimum Gasteiger partial charge on any atom is -0.449 e. The van der Waals surface area contributed by atoms with Crippen LogP contribution in [-0.2, 0) is 9.53 Å². The number of Topliss-reactive ketones (excluding diaryl/α,β-unsaturated/α-hetero) is 1. The molecule has 0 radical (unpaired) electrons. The van der Waals surface area contributed by atoms with E-state index in [9.17, 15) is 19.6 Å². The van der Waals surface area contributed by atoms with Crippen molar-refractivity contribution in [2.24, 2.45) is 0 Å². The van der Waals surface area contributed by atoms with Crippen LogP contribution in [0.2, 0.25) is 0 Å². The highest BCUT2D eigenvalue weighted by molar-refractivity contribution is 7.99. The molecule has 0 spiro atoms. The van der Waals surface area contributed by atoms with Crippen LogP contribution in [0.3, 0.4) is 0 Å². The summed E-state index contributed by atoms with van der Waals surface area (Å²) in [7, 11) is 0. The Labute approximate surface area is 190 Å². The van der Waals surface area contributed by atoms with E-state index in [1.807, 2.05) is 6.07 Å². The molecule has 32 heavy (non-hydrogen) atoms. The zero-order valence-corrected chi connectivity index (χ0v) is 18.3. The third kappa shape index (κ3) is 5.62. The van der Waals surface area contributed by atoms with Crippen molar-refractivity contribution >= 4 is 35.1 Å². The first-order valence-electron chi connectivity index (χ1n) is 9.78. The molecular formula is C25H20N2O4S. The van der Waals surface area contributed by atoms with Crippen LogP contribution in [0, 0.1) is 11.3 Å². The number of carbonyl (C=O) groups excluding carboxylic acids is 3. The highest BCUT2D eigenvalue weighted by atomic mass is 32.2. The van der Waals surface area contributed by atoms with Gasteiger partial charge in [-0.05, 0) is 50.2 Å². The number of esters is 1. The third-order valence-electron chi connectivity index (χ3n) is 4.52. The van der Waals surface area contributed by atoms with Gasteiger partial charge in [0.15, 0.2) is 11.9 Å². The largest absolute Gasteiger partial charge is 0.449 e. The van der Waals surface area contributed by atoms with Gasteiger partial charge < -0.3 is 10.1 Å². The Balaban J connectivity index is 1.72. The fourth-order valence-electron chi connectivity index (χ4n) is 2.83. The van der Waals surface area contributed by atoms with Gasteiger partial charge in [-0.25, -0.2) is 4.79 Å². The smallest absolute Gasteiger partial charge is 0.340 e. The van der Waals surface area contributed by atoms with Crippen molar-refractivity contribution in [2.75, 3.05) is 5.32 Å². The van der Waals surface area contributed by atoms with Crippen LogP contribution in [0.4, 0.5) is 5.69 Å². The predicted molar refractivity (Wildman–Crippen MR) is 122 cm³/mol. The average molecular weight is 445 g/mol. The number of hydrogen-bond donors (Lipinski definition) is 1. The van der Waals surface area contributed by atoms with Crippen molar-refractivity contribution in [1.29, 1.82) is 5.26 Å². The topological polar surface area (TPSA) is 96.3 Å². The minimum atomic E-state index is -1.06. The minimum absolute atomic E-state index is 0.118. The summed E-state index contributed by atoms with van der Waals surface area (Å²) in [6.07, 6.45) is -1.06. The molecule has 0 heterocycles. The summed E-state index contributed by atoms with van der Waals surface area (Å²) in [5, 5.41) is 12.0. The van der Waals surface area contributed by atoms with Gasteiger partial charge in [0.25, 0.3) is 5.91 Å². The fourth-order valence-corrected chi connectivity index (χ4v) is 3.84. The number of amides is 1. The molecule has 160 valence electrons. The second-order valence-electron chi connectivity index (χ2n) is 6.88. The highest BCUT2D eigenvalue weighted by Gasteiger charge is 2.21. The van der Waals surface area contributed by atoms with Gasteiger partial charge in [-0.15, -0.1) is 0 Å². The number of ether oxygens (including phenoxy) is 1. The maximum atomic E-state index is 12.8. The molecule has 1 atom stereocenters. The maximum absolute atomic E-state index is 12.8. The first-order chi connectivity index (χ1) is 15.4.